The first-order valence-corrected chi connectivity index (χ1v) is 9.35. The normalized spacial score (nSPS) is 10.4. The molecule has 0 saturated heterocycles. The molecule has 0 aliphatic rings. The summed E-state index contributed by atoms with van der Waals surface area (Å²) in [5.74, 6) is -1.32. The van der Waals surface area contributed by atoms with Crippen LogP contribution in [0.4, 0.5) is 28.7 Å². The Morgan fingerprint density at radius 1 is 0.848 bits per heavy atom. The van der Waals surface area contributed by atoms with E-state index in [2.05, 4.69) is 31.1 Å². The van der Waals surface area contributed by atoms with Gasteiger partial charge in [0.05, 0.1) is 15.4 Å². The van der Waals surface area contributed by atoms with Gasteiger partial charge in [-0.25, -0.2) is 9.97 Å². The Bertz CT molecular complexity index is 1390. The van der Waals surface area contributed by atoms with E-state index in [9.17, 15) is 25.0 Å². The molecule has 164 valence electrons. The number of hydrazine groups is 1. The molecule has 2 aromatic heterocycles. The molecule has 33 heavy (non-hydrogen) atoms. The smallest absolute Gasteiger partial charge is 0.334 e. The van der Waals surface area contributed by atoms with Gasteiger partial charge in [0, 0.05) is 23.3 Å². The molecular weight excluding hydrogens is 432 g/mol. The lowest BCUT2D eigenvalue weighted by Gasteiger charge is -2.12. The highest BCUT2D eigenvalue weighted by Crippen LogP contribution is 2.33. The maximum atomic E-state index is 12.4. The van der Waals surface area contributed by atoms with Crippen molar-refractivity contribution in [2.45, 2.75) is 0 Å². The number of nitro groups is 2. The number of benzene rings is 2. The summed E-state index contributed by atoms with van der Waals surface area (Å²) in [5.41, 5.74) is 4.57. The molecule has 0 atom stereocenters. The Labute approximate surface area is 184 Å². The minimum atomic E-state index is -0.871. The SMILES string of the molecule is O=C(NNc1ncnc(Nc2cccc3ncccc23)c1[N+](=O)[O-])c1ccccc1[N+](=O)[O-]. The highest BCUT2D eigenvalue weighted by molar-refractivity contribution is 5.99. The van der Waals surface area contributed by atoms with Gasteiger partial charge in [-0.15, -0.1) is 0 Å². The Hall–Kier alpha value is -5.20. The largest absolute Gasteiger partial charge is 0.355 e. The van der Waals surface area contributed by atoms with Gasteiger partial charge >= 0.3 is 5.69 Å². The summed E-state index contributed by atoms with van der Waals surface area (Å²) >= 11 is 0. The zero-order chi connectivity index (χ0) is 23.4. The van der Waals surface area contributed by atoms with Gasteiger partial charge < -0.3 is 5.32 Å². The molecule has 2 aromatic carbocycles. The third kappa shape index (κ3) is 4.32. The number of hydrogen-bond acceptors (Lipinski definition) is 10. The number of hydrogen-bond donors (Lipinski definition) is 3. The number of para-hydroxylation sites is 1. The van der Waals surface area contributed by atoms with E-state index in [4.69, 9.17) is 0 Å². The second-order valence-electron chi connectivity index (χ2n) is 6.53. The number of anilines is 3. The lowest BCUT2D eigenvalue weighted by Crippen LogP contribution is -2.30. The van der Waals surface area contributed by atoms with E-state index >= 15 is 0 Å². The second-order valence-corrected chi connectivity index (χ2v) is 6.53. The molecule has 0 spiro atoms. The molecule has 0 radical (unpaired) electrons. The van der Waals surface area contributed by atoms with E-state index in [0.717, 1.165) is 6.33 Å². The number of rotatable bonds is 7. The summed E-state index contributed by atoms with van der Waals surface area (Å²) in [6, 6.07) is 14.1. The van der Waals surface area contributed by atoms with Gasteiger partial charge in [-0.2, -0.15) is 0 Å². The van der Waals surface area contributed by atoms with Crippen molar-refractivity contribution >= 4 is 45.5 Å². The highest BCUT2D eigenvalue weighted by atomic mass is 16.6. The van der Waals surface area contributed by atoms with E-state index < -0.39 is 27.1 Å². The van der Waals surface area contributed by atoms with Crippen LogP contribution in [0.5, 0.6) is 0 Å². The predicted molar refractivity (Wildman–Crippen MR) is 118 cm³/mol. The number of carbonyl (C=O) groups is 1. The molecule has 13 heteroatoms. The molecule has 4 aromatic rings. The molecule has 0 bridgehead atoms. The van der Waals surface area contributed by atoms with Gasteiger partial charge in [-0.3, -0.25) is 40.9 Å². The van der Waals surface area contributed by atoms with Crippen LogP contribution in [-0.2, 0) is 0 Å². The van der Waals surface area contributed by atoms with Crippen molar-refractivity contribution in [1.82, 2.24) is 20.4 Å². The molecule has 13 nitrogen and oxygen atoms in total. The van der Waals surface area contributed by atoms with Gasteiger partial charge in [0.1, 0.15) is 11.9 Å². The first kappa shape index (κ1) is 21.0. The molecule has 0 aliphatic heterocycles. The maximum Gasteiger partial charge on any atom is 0.355 e. The number of fused-ring (bicyclic) bond motifs is 1. The summed E-state index contributed by atoms with van der Waals surface area (Å²) in [6.45, 7) is 0. The zero-order valence-electron chi connectivity index (χ0n) is 16.6. The molecular formula is C20H14N8O5. The van der Waals surface area contributed by atoms with E-state index in [1.54, 1.807) is 36.5 Å². The molecule has 0 saturated carbocycles. The molecule has 3 N–H and O–H groups in total. The van der Waals surface area contributed by atoms with Gasteiger partial charge in [0.15, 0.2) is 0 Å². The zero-order valence-corrected chi connectivity index (χ0v) is 16.6. The minimum Gasteiger partial charge on any atom is -0.334 e. The molecule has 4 rings (SSSR count). The van der Waals surface area contributed by atoms with E-state index in [1.165, 1.54) is 24.3 Å². The molecule has 2 heterocycles. The quantitative estimate of drug-likeness (QED) is 0.281. The van der Waals surface area contributed by atoms with Crippen LogP contribution in [0.25, 0.3) is 10.9 Å². The van der Waals surface area contributed by atoms with Crippen LogP contribution in [0.2, 0.25) is 0 Å². The van der Waals surface area contributed by atoms with E-state index in [-0.39, 0.29) is 17.2 Å². The highest BCUT2D eigenvalue weighted by Gasteiger charge is 2.25. The van der Waals surface area contributed by atoms with Crippen molar-refractivity contribution in [3.05, 3.63) is 92.9 Å². The molecule has 1 amide bonds. The van der Waals surface area contributed by atoms with Crippen LogP contribution in [0.1, 0.15) is 10.4 Å². The van der Waals surface area contributed by atoms with Crippen molar-refractivity contribution in [1.29, 1.82) is 0 Å². The van der Waals surface area contributed by atoms with Crippen LogP contribution in [-0.4, -0.2) is 30.7 Å². The Kier molecular flexibility index (Phi) is 5.67. The Morgan fingerprint density at radius 3 is 2.42 bits per heavy atom. The summed E-state index contributed by atoms with van der Waals surface area (Å²) < 4.78 is 0. The fourth-order valence-electron chi connectivity index (χ4n) is 3.08. The lowest BCUT2D eigenvalue weighted by atomic mass is 10.2. The van der Waals surface area contributed by atoms with Crippen LogP contribution in [0.15, 0.2) is 67.1 Å². The standard InChI is InChI=1S/C20H14N8O5/c29-20(13-5-1-2-9-16(13)27(30)31)26-25-19-17(28(32)33)18(22-11-23-19)24-15-8-3-7-14-12(15)6-4-10-21-14/h1-11H,(H,26,29)(H2,22,23,24,25). The number of amides is 1. The first-order valence-electron chi connectivity index (χ1n) is 9.35. The van der Waals surface area contributed by atoms with Crippen molar-refractivity contribution in [3.8, 4) is 0 Å². The van der Waals surface area contributed by atoms with Crippen LogP contribution >= 0.6 is 0 Å². The van der Waals surface area contributed by atoms with Gasteiger partial charge in [0.25, 0.3) is 11.6 Å². The minimum absolute atomic E-state index is 0.131. The lowest BCUT2D eigenvalue weighted by molar-refractivity contribution is -0.385. The van der Waals surface area contributed by atoms with Gasteiger partial charge in [0.2, 0.25) is 11.6 Å². The van der Waals surface area contributed by atoms with Crippen LogP contribution in [0.3, 0.4) is 0 Å². The number of nitrogens with zero attached hydrogens (tertiary/aromatic N) is 5. The van der Waals surface area contributed by atoms with Gasteiger partial charge in [-0.1, -0.05) is 18.2 Å². The number of nitro benzene ring substituents is 1. The van der Waals surface area contributed by atoms with Crippen molar-refractivity contribution < 1.29 is 14.6 Å². The van der Waals surface area contributed by atoms with Crippen LogP contribution in [0, 0.1) is 20.2 Å². The maximum absolute atomic E-state index is 12.4. The fourth-order valence-corrected chi connectivity index (χ4v) is 3.08. The summed E-state index contributed by atoms with van der Waals surface area (Å²) in [7, 11) is 0. The number of nitrogens with one attached hydrogen (secondary N) is 3. The number of pyridine rings is 1. The monoisotopic (exact) mass is 446 g/mol. The van der Waals surface area contributed by atoms with Crippen molar-refractivity contribution in [2.75, 3.05) is 10.7 Å². The number of aromatic nitrogens is 3. The Balaban J connectivity index is 1.63. The summed E-state index contributed by atoms with van der Waals surface area (Å²) in [5, 5.41) is 26.5. The number of carbonyl (C=O) groups excluding carboxylic acids is 1. The van der Waals surface area contributed by atoms with E-state index in [0.29, 0.717) is 16.6 Å². The third-order valence-corrected chi connectivity index (χ3v) is 4.54. The fraction of sp³-hybridized carbons (Fsp3) is 0. The molecule has 0 aliphatic carbocycles. The van der Waals surface area contributed by atoms with Crippen molar-refractivity contribution in [2.24, 2.45) is 0 Å². The summed E-state index contributed by atoms with van der Waals surface area (Å²) in [4.78, 5) is 46.0. The molecule has 0 fully saturated rings. The average molecular weight is 446 g/mol. The van der Waals surface area contributed by atoms with Crippen LogP contribution < -0.4 is 16.2 Å². The molecule has 0 unspecified atom stereocenters. The second kappa shape index (κ2) is 8.89. The van der Waals surface area contributed by atoms with Crippen molar-refractivity contribution in [3.63, 3.8) is 0 Å². The first-order chi connectivity index (χ1) is 16.0. The summed E-state index contributed by atoms with van der Waals surface area (Å²) in [6.07, 6.45) is 2.69. The Morgan fingerprint density at radius 2 is 1.64 bits per heavy atom. The topological polar surface area (TPSA) is 178 Å². The average Bonchev–Trinajstić information content (AvgIpc) is 2.82. The predicted octanol–water partition coefficient (Wildman–Crippen LogP) is 3.34. The third-order valence-electron chi connectivity index (χ3n) is 4.54. The van der Waals surface area contributed by atoms with E-state index in [1.807, 2.05) is 0 Å². The van der Waals surface area contributed by atoms with Gasteiger partial charge in [-0.05, 0) is 30.3 Å².